The normalized spacial score (nSPS) is 37.3. The van der Waals surface area contributed by atoms with Crippen molar-refractivity contribution in [3.8, 4) is 0 Å². The summed E-state index contributed by atoms with van der Waals surface area (Å²) in [7, 11) is 0. The first-order valence-electron chi connectivity index (χ1n) is 6.56. The van der Waals surface area contributed by atoms with Crippen LogP contribution in [0.1, 0.15) is 39.5 Å². The van der Waals surface area contributed by atoms with Gasteiger partial charge in [0.2, 0.25) is 0 Å². The summed E-state index contributed by atoms with van der Waals surface area (Å²) in [4.78, 5) is 0.653. The summed E-state index contributed by atoms with van der Waals surface area (Å²) in [6.07, 6.45) is 5.24. The lowest BCUT2D eigenvalue weighted by Crippen LogP contribution is -2.55. The molecule has 0 bridgehead atoms. The third-order valence-electron chi connectivity index (χ3n) is 4.56. The fourth-order valence-corrected chi connectivity index (χ4v) is 4.33. The average Bonchev–Trinajstić information content (AvgIpc) is 2.78. The lowest BCUT2D eigenvalue weighted by atomic mass is 9.62. The molecule has 1 aliphatic heterocycles. The molecule has 0 radical (unpaired) electrons. The molecular formula is C13H23BrO2. The molecule has 2 rings (SSSR count). The van der Waals surface area contributed by atoms with Gasteiger partial charge in [-0.1, -0.05) is 29.8 Å². The Morgan fingerprint density at radius 1 is 1.38 bits per heavy atom. The van der Waals surface area contributed by atoms with Crippen molar-refractivity contribution in [1.82, 2.24) is 0 Å². The molecule has 3 heteroatoms. The summed E-state index contributed by atoms with van der Waals surface area (Å²) in [5.41, 5.74) is 0.388. The average molecular weight is 291 g/mol. The zero-order chi connectivity index (χ0) is 11.6. The number of hydrogen-bond donors (Lipinski definition) is 0. The molecule has 0 aromatic carbocycles. The van der Waals surface area contributed by atoms with Crippen LogP contribution in [0.5, 0.6) is 0 Å². The van der Waals surface area contributed by atoms with Crippen molar-refractivity contribution in [3.05, 3.63) is 0 Å². The first-order chi connectivity index (χ1) is 7.73. The van der Waals surface area contributed by atoms with E-state index in [4.69, 9.17) is 9.47 Å². The van der Waals surface area contributed by atoms with Crippen molar-refractivity contribution in [2.45, 2.75) is 50.5 Å². The Kier molecular flexibility index (Phi) is 4.31. The summed E-state index contributed by atoms with van der Waals surface area (Å²) >= 11 is 3.79. The second-order valence-corrected chi connectivity index (χ2v) is 6.30. The fourth-order valence-electron chi connectivity index (χ4n) is 3.05. The van der Waals surface area contributed by atoms with Crippen LogP contribution in [0.3, 0.4) is 0 Å². The van der Waals surface area contributed by atoms with Gasteiger partial charge in [-0.15, -0.1) is 0 Å². The Bertz CT molecular complexity index is 222. The third kappa shape index (κ3) is 2.19. The highest BCUT2D eigenvalue weighted by Crippen LogP contribution is 2.52. The maximum Gasteiger partial charge on any atom is 0.0652 e. The van der Waals surface area contributed by atoms with Gasteiger partial charge >= 0.3 is 0 Å². The maximum absolute atomic E-state index is 6.12. The van der Waals surface area contributed by atoms with E-state index in [0.717, 1.165) is 19.8 Å². The Morgan fingerprint density at radius 2 is 2.12 bits per heavy atom. The number of ether oxygens (including phenoxy) is 2. The minimum absolute atomic E-state index is 0.388. The van der Waals surface area contributed by atoms with E-state index in [9.17, 15) is 0 Å². The van der Waals surface area contributed by atoms with E-state index in [2.05, 4.69) is 29.8 Å². The number of halogens is 1. The van der Waals surface area contributed by atoms with Gasteiger partial charge in [0.15, 0.2) is 0 Å². The molecular weight excluding hydrogens is 268 g/mol. The quantitative estimate of drug-likeness (QED) is 0.723. The van der Waals surface area contributed by atoms with Crippen LogP contribution in [0.4, 0.5) is 0 Å². The Morgan fingerprint density at radius 3 is 2.62 bits per heavy atom. The maximum atomic E-state index is 6.12. The second kappa shape index (κ2) is 5.36. The monoisotopic (exact) mass is 290 g/mol. The Labute approximate surface area is 107 Å². The lowest BCUT2D eigenvalue weighted by Gasteiger charge is -2.53. The molecule has 16 heavy (non-hydrogen) atoms. The van der Waals surface area contributed by atoms with Gasteiger partial charge in [-0.3, -0.25) is 0 Å². The molecule has 3 unspecified atom stereocenters. The SMILES string of the molecule is CCC1(CC)C(Br)CC1OCC1CCOC1. The van der Waals surface area contributed by atoms with Crippen molar-refractivity contribution in [2.75, 3.05) is 19.8 Å². The highest BCUT2D eigenvalue weighted by Gasteiger charge is 2.52. The van der Waals surface area contributed by atoms with Crippen LogP contribution in [0.15, 0.2) is 0 Å². The molecule has 0 aromatic rings. The lowest BCUT2D eigenvalue weighted by molar-refractivity contribution is -0.116. The second-order valence-electron chi connectivity index (χ2n) is 5.20. The van der Waals surface area contributed by atoms with E-state index >= 15 is 0 Å². The zero-order valence-electron chi connectivity index (χ0n) is 10.4. The van der Waals surface area contributed by atoms with E-state index in [-0.39, 0.29) is 0 Å². The van der Waals surface area contributed by atoms with Gasteiger partial charge < -0.3 is 9.47 Å². The standard InChI is InChI=1S/C13H23BrO2/c1-3-13(4-2)11(14)7-12(13)16-9-10-5-6-15-8-10/h10-12H,3-9H2,1-2H3. The smallest absolute Gasteiger partial charge is 0.0652 e. The minimum Gasteiger partial charge on any atom is -0.381 e. The van der Waals surface area contributed by atoms with Crippen LogP contribution in [-0.2, 0) is 9.47 Å². The minimum atomic E-state index is 0.388. The molecule has 2 nitrogen and oxygen atoms in total. The predicted octanol–water partition coefficient (Wildman–Crippen LogP) is 3.38. The van der Waals surface area contributed by atoms with Crippen LogP contribution in [0, 0.1) is 11.3 Å². The molecule has 1 saturated heterocycles. The molecule has 2 aliphatic rings. The van der Waals surface area contributed by atoms with Gasteiger partial charge in [0.25, 0.3) is 0 Å². The largest absolute Gasteiger partial charge is 0.381 e. The van der Waals surface area contributed by atoms with Gasteiger partial charge in [-0.05, 0) is 25.7 Å². The summed E-state index contributed by atoms with van der Waals surface area (Å²) in [5.74, 6) is 0.640. The summed E-state index contributed by atoms with van der Waals surface area (Å²) in [6, 6.07) is 0. The molecule has 3 atom stereocenters. The van der Waals surface area contributed by atoms with Gasteiger partial charge in [-0.25, -0.2) is 0 Å². The zero-order valence-corrected chi connectivity index (χ0v) is 12.0. The molecule has 0 amide bonds. The number of rotatable bonds is 5. The van der Waals surface area contributed by atoms with Crippen molar-refractivity contribution in [2.24, 2.45) is 11.3 Å². The van der Waals surface area contributed by atoms with Crippen LogP contribution in [0.25, 0.3) is 0 Å². The van der Waals surface area contributed by atoms with Crippen LogP contribution >= 0.6 is 15.9 Å². The van der Waals surface area contributed by atoms with Gasteiger partial charge in [0.05, 0.1) is 19.3 Å². The molecule has 2 fully saturated rings. The molecule has 0 spiro atoms. The van der Waals surface area contributed by atoms with Crippen molar-refractivity contribution in [1.29, 1.82) is 0 Å². The highest BCUT2D eigenvalue weighted by molar-refractivity contribution is 9.09. The fraction of sp³-hybridized carbons (Fsp3) is 1.00. The van der Waals surface area contributed by atoms with Crippen molar-refractivity contribution in [3.63, 3.8) is 0 Å². The third-order valence-corrected chi connectivity index (χ3v) is 5.85. The summed E-state index contributed by atoms with van der Waals surface area (Å²) in [6.45, 7) is 7.28. The highest BCUT2D eigenvalue weighted by atomic mass is 79.9. The first kappa shape index (κ1) is 12.8. The van der Waals surface area contributed by atoms with Crippen molar-refractivity contribution < 1.29 is 9.47 Å². The molecule has 1 aliphatic carbocycles. The Balaban J connectivity index is 1.81. The van der Waals surface area contributed by atoms with E-state index in [0.29, 0.717) is 22.3 Å². The molecule has 1 heterocycles. The van der Waals surface area contributed by atoms with Gasteiger partial charge in [0, 0.05) is 22.8 Å². The summed E-state index contributed by atoms with van der Waals surface area (Å²) < 4.78 is 11.5. The van der Waals surface area contributed by atoms with E-state index in [1.165, 1.54) is 25.7 Å². The molecule has 94 valence electrons. The van der Waals surface area contributed by atoms with Crippen LogP contribution < -0.4 is 0 Å². The van der Waals surface area contributed by atoms with E-state index in [1.54, 1.807) is 0 Å². The van der Waals surface area contributed by atoms with Crippen LogP contribution in [-0.4, -0.2) is 30.8 Å². The van der Waals surface area contributed by atoms with Crippen molar-refractivity contribution >= 4 is 15.9 Å². The number of hydrogen-bond acceptors (Lipinski definition) is 2. The Hall–Kier alpha value is 0.400. The topological polar surface area (TPSA) is 18.5 Å². The van der Waals surface area contributed by atoms with Gasteiger partial charge in [-0.2, -0.15) is 0 Å². The molecule has 0 aromatic heterocycles. The first-order valence-corrected chi connectivity index (χ1v) is 7.48. The van der Waals surface area contributed by atoms with E-state index < -0.39 is 0 Å². The number of alkyl halides is 1. The molecule has 0 N–H and O–H groups in total. The predicted molar refractivity (Wildman–Crippen MR) is 69.0 cm³/mol. The van der Waals surface area contributed by atoms with Crippen LogP contribution in [0.2, 0.25) is 0 Å². The molecule has 1 saturated carbocycles. The summed E-state index contributed by atoms with van der Waals surface area (Å²) in [5, 5.41) is 0. The van der Waals surface area contributed by atoms with Gasteiger partial charge in [0.1, 0.15) is 0 Å². The van der Waals surface area contributed by atoms with E-state index in [1.807, 2.05) is 0 Å².